The number of ether oxygens (including phenoxy) is 1. The van der Waals surface area contributed by atoms with Gasteiger partial charge in [0.15, 0.2) is 5.16 Å². The monoisotopic (exact) mass is 271 g/mol. The molecular formula is C12H21N3O2S. The molecule has 2 rings (SSSR count). The Morgan fingerprint density at radius 1 is 1.61 bits per heavy atom. The fourth-order valence-electron chi connectivity index (χ4n) is 1.95. The average Bonchev–Trinajstić information content (AvgIpc) is 2.93. The summed E-state index contributed by atoms with van der Waals surface area (Å²) in [5, 5.41) is 7.41. The number of hydrogen-bond acceptors (Lipinski definition) is 4. The molecule has 1 fully saturated rings. The van der Waals surface area contributed by atoms with Crippen molar-refractivity contribution >= 4 is 11.8 Å². The zero-order chi connectivity index (χ0) is 13.0. The predicted molar refractivity (Wildman–Crippen MR) is 72.0 cm³/mol. The van der Waals surface area contributed by atoms with Crippen LogP contribution in [-0.4, -0.2) is 33.2 Å². The second-order valence-electron chi connectivity index (χ2n) is 5.09. The lowest BCUT2D eigenvalue weighted by atomic mass is 10.2. The van der Waals surface area contributed by atoms with Gasteiger partial charge in [-0.15, -0.1) is 5.10 Å². The highest BCUT2D eigenvalue weighted by Crippen LogP contribution is 2.19. The standard InChI is InChI=1S/C12H21N3O2S/c1-9(2)5-7-18-12-14-13-11(16)15(12)8-10-4-3-6-17-10/h9-10H,3-8H2,1-2H3,(H,13,16)/t10-/m1/s1. The number of aromatic amines is 1. The Morgan fingerprint density at radius 2 is 2.44 bits per heavy atom. The van der Waals surface area contributed by atoms with E-state index in [-0.39, 0.29) is 11.8 Å². The Hall–Kier alpha value is -0.750. The van der Waals surface area contributed by atoms with Crippen molar-refractivity contribution in [2.45, 2.75) is 50.9 Å². The van der Waals surface area contributed by atoms with Crippen LogP contribution in [0.2, 0.25) is 0 Å². The molecule has 0 saturated carbocycles. The number of aromatic nitrogens is 3. The van der Waals surface area contributed by atoms with Crippen molar-refractivity contribution in [1.29, 1.82) is 0 Å². The molecule has 2 heterocycles. The summed E-state index contributed by atoms with van der Waals surface area (Å²) in [5.74, 6) is 1.67. The van der Waals surface area contributed by atoms with Crippen molar-refractivity contribution < 1.29 is 4.74 Å². The maximum atomic E-state index is 11.7. The molecule has 102 valence electrons. The maximum Gasteiger partial charge on any atom is 0.344 e. The lowest BCUT2D eigenvalue weighted by Gasteiger charge is -2.11. The Balaban J connectivity index is 1.95. The molecule has 6 heteroatoms. The molecule has 0 aromatic carbocycles. The van der Waals surface area contributed by atoms with Crippen LogP contribution in [-0.2, 0) is 11.3 Å². The molecule has 1 atom stereocenters. The Bertz CT molecular complexity index is 421. The van der Waals surface area contributed by atoms with Crippen molar-refractivity contribution in [3.8, 4) is 0 Å². The van der Waals surface area contributed by atoms with Crippen LogP contribution in [0.15, 0.2) is 9.95 Å². The predicted octanol–water partition coefficient (Wildman–Crippen LogP) is 1.89. The van der Waals surface area contributed by atoms with E-state index in [1.165, 1.54) is 0 Å². The summed E-state index contributed by atoms with van der Waals surface area (Å²) in [6.07, 6.45) is 3.43. The normalized spacial score (nSPS) is 19.8. The molecular weight excluding hydrogens is 250 g/mol. The molecule has 5 nitrogen and oxygen atoms in total. The first-order valence-corrected chi connectivity index (χ1v) is 7.55. The third-order valence-corrected chi connectivity index (χ3v) is 4.07. The van der Waals surface area contributed by atoms with Gasteiger partial charge in [-0.1, -0.05) is 25.6 Å². The van der Waals surface area contributed by atoms with Gasteiger partial charge in [-0.2, -0.15) is 0 Å². The van der Waals surface area contributed by atoms with E-state index in [4.69, 9.17) is 4.74 Å². The highest BCUT2D eigenvalue weighted by Gasteiger charge is 2.19. The molecule has 1 aliphatic rings. The second kappa shape index (κ2) is 6.43. The molecule has 1 aliphatic heterocycles. The molecule has 1 aromatic heterocycles. The van der Waals surface area contributed by atoms with E-state index in [2.05, 4.69) is 24.0 Å². The molecule has 0 bridgehead atoms. The van der Waals surface area contributed by atoms with E-state index in [0.717, 1.165) is 36.8 Å². The molecule has 0 radical (unpaired) electrons. The Labute approximate surface area is 111 Å². The largest absolute Gasteiger partial charge is 0.376 e. The summed E-state index contributed by atoms with van der Waals surface area (Å²) in [6.45, 7) is 5.83. The minimum absolute atomic E-state index is 0.127. The van der Waals surface area contributed by atoms with Gasteiger partial charge in [0.25, 0.3) is 0 Å². The van der Waals surface area contributed by atoms with E-state index >= 15 is 0 Å². The molecule has 0 amide bonds. The Kier molecular flexibility index (Phi) is 4.88. The van der Waals surface area contributed by atoms with E-state index in [0.29, 0.717) is 12.5 Å². The van der Waals surface area contributed by atoms with Crippen molar-refractivity contribution in [2.75, 3.05) is 12.4 Å². The van der Waals surface area contributed by atoms with Crippen molar-refractivity contribution in [1.82, 2.24) is 14.8 Å². The topological polar surface area (TPSA) is 59.9 Å². The first-order chi connectivity index (χ1) is 8.66. The number of nitrogens with zero attached hydrogens (tertiary/aromatic N) is 2. The SMILES string of the molecule is CC(C)CCSc1n[nH]c(=O)n1C[C@H]1CCCO1. The average molecular weight is 271 g/mol. The zero-order valence-corrected chi connectivity index (χ0v) is 11.8. The van der Waals surface area contributed by atoms with Crippen molar-refractivity contribution in [3.63, 3.8) is 0 Å². The van der Waals surface area contributed by atoms with Crippen LogP contribution in [0.1, 0.15) is 33.1 Å². The summed E-state index contributed by atoms with van der Waals surface area (Å²) in [6, 6.07) is 0. The van der Waals surface area contributed by atoms with Gasteiger partial charge < -0.3 is 4.74 Å². The molecule has 18 heavy (non-hydrogen) atoms. The number of H-pyrrole nitrogens is 1. The van der Waals surface area contributed by atoms with Crippen LogP contribution in [0, 0.1) is 5.92 Å². The van der Waals surface area contributed by atoms with Gasteiger partial charge in [0.2, 0.25) is 0 Å². The fourth-order valence-corrected chi connectivity index (χ4v) is 3.15. The fraction of sp³-hybridized carbons (Fsp3) is 0.833. The third-order valence-electron chi connectivity index (χ3n) is 3.06. The van der Waals surface area contributed by atoms with Crippen LogP contribution in [0.4, 0.5) is 0 Å². The van der Waals surface area contributed by atoms with E-state index in [1.54, 1.807) is 16.3 Å². The third kappa shape index (κ3) is 3.62. The number of hydrogen-bond donors (Lipinski definition) is 1. The van der Waals surface area contributed by atoms with Crippen LogP contribution < -0.4 is 5.69 Å². The summed E-state index contributed by atoms with van der Waals surface area (Å²) < 4.78 is 7.28. The highest BCUT2D eigenvalue weighted by molar-refractivity contribution is 7.99. The smallest absolute Gasteiger partial charge is 0.344 e. The van der Waals surface area contributed by atoms with Crippen LogP contribution in [0.3, 0.4) is 0 Å². The van der Waals surface area contributed by atoms with Crippen molar-refractivity contribution in [3.05, 3.63) is 10.5 Å². The van der Waals surface area contributed by atoms with Crippen LogP contribution in [0.25, 0.3) is 0 Å². The maximum absolute atomic E-state index is 11.7. The van der Waals surface area contributed by atoms with Gasteiger partial charge in [0, 0.05) is 12.4 Å². The van der Waals surface area contributed by atoms with E-state index < -0.39 is 0 Å². The van der Waals surface area contributed by atoms with Crippen molar-refractivity contribution in [2.24, 2.45) is 5.92 Å². The second-order valence-corrected chi connectivity index (χ2v) is 6.15. The first kappa shape index (κ1) is 13.7. The zero-order valence-electron chi connectivity index (χ0n) is 11.0. The number of rotatable bonds is 6. The highest BCUT2D eigenvalue weighted by atomic mass is 32.2. The minimum Gasteiger partial charge on any atom is -0.376 e. The molecule has 0 unspecified atom stereocenters. The number of thioether (sulfide) groups is 1. The molecule has 1 saturated heterocycles. The Morgan fingerprint density at radius 3 is 3.11 bits per heavy atom. The van der Waals surface area contributed by atoms with Gasteiger partial charge in [0.1, 0.15) is 0 Å². The quantitative estimate of drug-likeness (QED) is 0.803. The lowest BCUT2D eigenvalue weighted by Crippen LogP contribution is -2.25. The number of nitrogens with one attached hydrogen (secondary N) is 1. The lowest BCUT2D eigenvalue weighted by molar-refractivity contribution is 0.0941. The molecule has 0 spiro atoms. The van der Waals surface area contributed by atoms with Gasteiger partial charge in [0.05, 0.1) is 12.6 Å². The van der Waals surface area contributed by atoms with Gasteiger partial charge in [-0.25, -0.2) is 9.89 Å². The van der Waals surface area contributed by atoms with Gasteiger partial charge in [-0.05, 0) is 25.2 Å². The molecule has 1 aromatic rings. The van der Waals surface area contributed by atoms with E-state index in [9.17, 15) is 4.79 Å². The molecule has 0 aliphatic carbocycles. The summed E-state index contributed by atoms with van der Waals surface area (Å²) in [4.78, 5) is 11.7. The van der Waals surface area contributed by atoms with Crippen LogP contribution in [0.5, 0.6) is 0 Å². The van der Waals surface area contributed by atoms with Crippen LogP contribution >= 0.6 is 11.8 Å². The van der Waals surface area contributed by atoms with E-state index in [1.807, 2.05) is 0 Å². The summed E-state index contributed by atoms with van der Waals surface area (Å²) in [5.41, 5.74) is -0.127. The first-order valence-electron chi connectivity index (χ1n) is 6.56. The van der Waals surface area contributed by atoms with Gasteiger partial charge >= 0.3 is 5.69 Å². The van der Waals surface area contributed by atoms with Gasteiger partial charge in [-0.3, -0.25) is 4.57 Å². The summed E-state index contributed by atoms with van der Waals surface area (Å²) in [7, 11) is 0. The molecule has 1 N–H and O–H groups in total. The minimum atomic E-state index is -0.127. The summed E-state index contributed by atoms with van der Waals surface area (Å²) >= 11 is 1.64.